The molecule has 8 bridgehead atoms. The van der Waals surface area contributed by atoms with Crippen LogP contribution in [0.2, 0.25) is 0 Å². The highest BCUT2D eigenvalue weighted by molar-refractivity contribution is 6.00. The zero-order valence-corrected chi connectivity index (χ0v) is 47.8. The SMILES string of the molecule is C1=Cc2nc1c(-c1ccc(OCCN3CCOCC3)cc1)c1nc(c(-c3ccc(OCCN4CCOCC4)cc3)c3ccc([nH]3)c(-c3ccc(OCCN4CCOCC4)cc3)c3ccc([nH]3)c2-c2ccc(OCCN3CCOCC3)cc2)C=C1. The van der Waals surface area contributed by atoms with Crippen molar-refractivity contribution in [3.8, 4) is 67.5 Å². The molecule has 0 saturated carbocycles. The van der Waals surface area contributed by atoms with E-state index in [9.17, 15) is 0 Å². The Morgan fingerprint density at radius 1 is 0.298 bits per heavy atom. The lowest BCUT2D eigenvalue weighted by Gasteiger charge is -2.26. The van der Waals surface area contributed by atoms with Crippen LogP contribution in [0.4, 0.5) is 0 Å². The monoisotopic (exact) mass is 1130 g/mol. The van der Waals surface area contributed by atoms with Crippen molar-refractivity contribution < 1.29 is 37.9 Å². The molecule has 4 fully saturated rings. The smallest absolute Gasteiger partial charge is 0.119 e. The Labute approximate surface area is 491 Å². The van der Waals surface area contributed by atoms with E-state index < -0.39 is 0 Å². The highest BCUT2D eigenvalue weighted by atomic mass is 16.5. The summed E-state index contributed by atoms with van der Waals surface area (Å²) in [4.78, 5) is 28.6. The van der Waals surface area contributed by atoms with Crippen molar-refractivity contribution in [2.45, 2.75) is 0 Å². The molecule has 3 aromatic heterocycles. The fraction of sp³-hybridized carbons (Fsp3) is 0.353. The maximum atomic E-state index is 6.34. The number of H-pyrrole nitrogens is 2. The maximum Gasteiger partial charge on any atom is 0.119 e. The van der Waals surface area contributed by atoms with Gasteiger partial charge in [0.1, 0.15) is 49.4 Å². The molecule has 434 valence electrons. The van der Waals surface area contributed by atoms with Crippen LogP contribution in [0.3, 0.4) is 0 Å². The van der Waals surface area contributed by atoms with Crippen molar-refractivity contribution >= 4 is 46.4 Å². The van der Waals surface area contributed by atoms with Gasteiger partial charge in [-0.15, -0.1) is 0 Å². The van der Waals surface area contributed by atoms with Gasteiger partial charge in [0.25, 0.3) is 0 Å². The van der Waals surface area contributed by atoms with Crippen LogP contribution in [-0.2, 0) is 18.9 Å². The van der Waals surface area contributed by atoms with E-state index in [4.69, 9.17) is 47.9 Å². The van der Waals surface area contributed by atoms with Gasteiger partial charge in [-0.05, 0) is 119 Å². The Hall–Kier alpha value is -7.64. The van der Waals surface area contributed by atoms with E-state index in [1.54, 1.807) is 0 Å². The molecule has 2 N–H and O–H groups in total. The molecule has 16 heteroatoms. The van der Waals surface area contributed by atoms with Gasteiger partial charge < -0.3 is 47.9 Å². The Morgan fingerprint density at radius 3 is 0.821 bits per heavy atom. The summed E-state index contributed by atoms with van der Waals surface area (Å²) in [5, 5.41) is 0. The second-order valence-corrected chi connectivity index (χ2v) is 21.8. The lowest BCUT2D eigenvalue weighted by molar-refractivity contribution is 0.0321. The zero-order valence-electron chi connectivity index (χ0n) is 47.8. The average molecular weight is 1130 g/mol. The number of hydrogen-bond donors (Lipinski definition) is 2. The Bertz CT molecular complexity index is 3390. The van der Waals surface area contributed by atoms with Gasteiger partial charge in [0.2, 0.25) is 0 Å². The largest absolute Gasteiger partial charge is 0.492 e. The summed E-state index contributed by atoms with van der Waals surface area (Å²) in [7, 11) is 0. The molecular formula is C68H74N8O8. The van der Waals surface area contributed by atoms with Crippen LogP contribution < -0.4 is 18.9 Å². The van der Waals surface area contributed by atoms with Crippen molar-refractivity contribution in [1.82, 2.24) is 39.5 Å². The first kappa shape index (κ1) is 55.5. The van der Waals surface area contributed by atoms with Crippen LogP contribution in [0, 0.1) is 0 Å². The standard InChI is InChI=1S/C68H74N8O8/c1-9-53(81-45-33-73-25-37-77-38-26-73)10-2-49(1)65-57-17-19-59(69-57)66(50-3-11-54(12-4-50)82-46-34-74-27-39-78-40-28-74)61-21-23-63(71-61)68(52-7-15-56(16-8-52)84-48-36-76-31-43-80-44-32-76)64-24-22-62(72-64)67(60-20-18-58(65)70-60)51-5-13-55(14-6-51)83-47-35-75-29-41-79-42-30-75/h1-24,69-70H,25-48H2. The topological polar surface area (TPSA) is 144 Å². The Kier molecular flexibility index (Phi) is 17.8. The molecule has 7 aromatic rings. The molecule has 0 unspecified atom stereocenters. The summed E-state index contributed by atoms with van der Waals surface area (Å²) in [5.74, 6) is 3.27. The van der Waals surface area contributed by atoms with Gasteiger partial charge in [-0.25, -0.2) is 9.97 Å². The first-order valence-electron chi connectivity index (χ1n) is 29.9. The van der Waals surface area contributed by atoms with Crippen molar-refractivity contribution in [2.75, 3.05) is 158 Å². The van der Waals surface area contributed by atoms with Gasteiger partial charge in [-0.2, -0.15) is 0 Å². The van der Waals surface area contributed by atoms with Crippen LogP contribution in [0.25, 0.3) is 90.9 Å². The molecule has 0 atom stereocenters. The second kappa shape index (κ2) is 26.9. The van der Waals surface area contributed by atoms with Crippen molar-refractivity contribution in [3.63, 3.8) is 0 Å². The first-order valence-corrected chi connectivity index (χ1v) is 29.9. The molecule has 9 heterocycles. The van der Waals surface area contributed by atoms with Gasteiger partial charge in [-0.1, -0.05) is 48.5 Å². The normalized spacial score (nSPS) is 17.1. The highest BCUT2D eigenvalue weighted by Gasteiger charge is 2.22. The highest BCUT2D eigenvalue weighted by Crippen LogP contribution is 2.40. The number of nitrogens with zero attached hydrogens (tertiary/aromatic N) is 6. The fourth-order valence-corrected chi connectivity index (χ4v) is 11.8. The third kappa shape index (κ3) is 13.5. The van der Waals surface area contributed by atoms with Crippen molar-refractivity contribution in [2.24, 2.45) is 0 Å². The Morgan fingerprint density at radius 2 is 0.536 bits per heavy atom. The molecule has 4 aromatic carbocycles. The molecule has 13 rings (SSSR count). The summed E-state index contributed by atoms with van der Waals surface area (Å²) in [6.07, 6.45) is 8.51. The lowest BCUT2D eigenvalue weighted by atomic mass is 10.0. The van der Waals surface area contributed by atoms with Gasteiger partial charge in [0, 0.05) is 123 Å². The van der Waals surface area contributed by atoms with Crippen LogP contribution in [-0.4, -0.2) is 197 Å². The van der Waals surface area contributed by atoms with E-state index in [-0.39, 0.29) is 0 Å². The fourth-order valence-electron chi connectivity index (χ4n) is 11.8. The number of nitrogens with one attached hydrogen (secondary N) is 2. The van der Waals surface area contributed by atoms with Gasteiger partial charge in [0.15, 0.2) is 0 Å². The third-order valence-electron chi connectivity index (χ3n) is 16.4. The van der Waals surface area contributed by atoms with Crippen LogP contribution in [0.15, 0.2) is 121 Å². The minimum Gasteiger partial charge on any atom is -0.492 e. The molecular weight excluding hydrogens is 1060 g/mol. The number of fused-ring (bicyclic) bond motifs is 8. The lowest BCUT2D eigenvalue weighted by Crippen LogP contribution is -2.38. The quantitative estimate of drug-likeness (QED) is 0.0747. The first-order chi connectivity index (χ1) is 41.6. The predicted octanol–water partition coefficient (Wildman–Crippen LogP) is 10.2. The molecule has 6 aliphatic heterocycles. The summed E-state index contributed by atoms with van der Waals surface area (Å²) in [6, 6.07) is 42.3. The summed E-state index contributed by atoms with van der Waals surface area (Å²) >= 11 is 0. The molecule has 84 heavy (non-hydrogen) atoms. The second-order valence-electron chi connectivity index (χ2n) is 21.8. The van der Waals surface area contributed by atoms with Crippen LogP contribution >= 0.6 is 0 Å². The number of morpholine rings is 4. The molecule has 0 aliphatic carbocycles. The number of aromatic amines is 2. The maximum absolute atomic E-state index is 6.34. The number of ether oxygens (including phenoxy) is 8. The summed E-state index contributed by atoms with van der Waals surface area (Å²) < 4.78 is 47.6. The third-order valence-corrected chi connectivity index (χ3v) is 16.4. The van der Waals surface area contributed by atoms with E-state index in [0.29, 0.717) is 26.4 Å². The van der Waals surface area contributed by atoms with Gasteiger partial charge >= 0.3 is 0 Å². The summed E-state index contributed by atoms with van der Waals surface area (Å²) in [5.41, 5.74) is 14.8. The van der Waals surface area contributed by atoms with E-state index in [0.717, 1.165) is 244 Å². The molecule has 4 saturated heterocycles. The molecule has 0 amide bonds. The van der Waals surface area contributed by atoms with Gasteiger partial charge in [0.05, 0.1) is 75.6 Å². The zero-order chi connectivity index (χ0) is 56.3. The number of rotatable bonds is 20. The molecule has 0 radical (unpaired) electrons. The van der Waals surface area contributed by atoms with Gasteiger partial charge in [-0.3, -0.25) is 19.6 Å². The van der Waals surface area contributed by atoms with Crippen molar-refractivity contribution in [1.29, 1.82) is 0 Å². The number of aromatic nitrogens is 4. The molecule has 0 spiro atoms. The number of hydrogen-bond acceptors (Lipinski definition) is 14. The number of benzene rings is 4. The van der Waals surface area contributed by atoms with Crippen LogP contribution in [0.5, 0.6) is 23.0 Å². The van der Waals surface area contributed by atoms with Crippen molar-refractivity contribution in [3.05, 3.63) is 144 Å². The average Bonchev–Trinajstić information content (AvgIpc) is 4.34. The van der Waals surface area contributed by atoms with E-state index in [1.165, 1.54) is 0 Å². The minimum atomic E-state index is 0.592. The van der Waals surface area contributed by atoms with E-state index in [1.807, 2.05) is 0 Å². The Balaban J connectivity index is 0.930. The van der Waals surface area contributed by atoms with Crippen LogP contribution in [0.1, 0.15) is 22.8 Å². The minimum absolute atomic E-state index is 0.592. The van der Waals surface area contributed by atoms with E-state index >= 15 is 0 Å². The molecule has 6 aliphatic rings. The summed E-state index contributed by atoms with van der Waals surface area (Å²) in [6.45, 7) is 19.2. The van der Waals surface area contributed by atoms with E-state index in [2.05, 4.69) is 175 Å². The predicted molar refractivity (Wildman–Crippen MR) is 332 cm³/mol. The molecule has 16 nitrogen and oxygen atoms in total.